The molecule has 0 aliphatic carbocycles. The van der Waals surface area contributed by atoms with Crippen molar-refractivity contribution in [3.8, 4) is 0 Å². The van der Waals surface area contributed by atoms with Crippen LogP contribution in [0.1, 0.15) is 35.3 Å². The summed E-state index contributed by atoms with van der Waals surface area (Å²) in [6.07, 6.45) is 2.05. The third-order valence-electron chi connectivity index (χ3n) is 2.89. The molecule has 100 valence electrons. The Bertz CT molecular complexity index is 536. The van der Waals surface area contributed by atoms with Crippen LogP contribution in [0.15, 0.2) is 35.7 Å². The average Bonchev–Trinajstić information content (AvgIpc) is 2.87. The molecular formula is C15H18N2OS. The van der Waals surface area contributed by atoms with Crippen molar-refractivity contribution < 1.29 is 4.79 Å². The highest BCUT2D eigenvalue weighted by Crippen LogP contribution is 2.18. The average molecular weight is 274 g/mol. The summed E-state index contributed by atoms with van der Waals surface area (Å²) < 4.78 is 0. The number of carbonyl (C=O) groups excluding carboxylic acids is 1. The summed E-state index contributed by atoms with van der Waals surface area (Å²) in [5.41, 5.74) is 1.48. The number of benzene rings is 1. The third-order valence-corrected chi connectivity index (χ3v) is 3.66. The van der Waals surface area contributed by atoms with Gasteiger partial charge in [0.05, 0.1) is 5.01 Å². The molecule has 1 aromatic carbocycles. The van der Waals surface area contributed by atoms with Gasteiger partial charge in [-0.2, -0.15) is 0 Å². The zero-order chi connectivity index (χ0) is 13.7. The molecule has 0 atom stereocenters. The maximum absolute atomic E-state index is 12.5. The van der Waals surface area contributed by atoms with Gasteiger partial charge in [-0.05, 0) is 25.5 Å². The summed E-state index contributed by atoms with van der Waals surface area (Å²) in [5.74, 6) is -0.0102. The van der Waals surface area contributed by atoms with E-state index in [4.69, 9.17) is 0 Å². The molecule has 1 aromatic heterocycles. The summed E-state index contributed by atoms with van der Waals surface area (Å²) in [6, 6.07) is 9.79. The highest BCUT2D eigenvalue weighted by atomic mass is 32.1. The van der Waals surface area contributed by atoms with E-state index in [1.165, 1.54) is 11.3 Å². The SMILES string of the molecule is CCCCN(C(=O)c1csc(C)n1)c1ccccc1. The number of anilines is 1. The van der Waals surface area contributed by atoms with Crippen LogP contribution in [0.25, 0.3) is 0 Å². The van der Waals surface area contributed by atoms with Crippen molar-refractivity contribution in [3.63, 3.8) is 0 Å². The minimum absolute atomic E-state index is 0.0102. The van der Waals surface area contributed by atoms with Crippen molar-refractivity contribution in [2.24, 2.45) is 0 Å². The van der Waals surface area contributed by atoms with Gasteiger partial charge in [0.2, 0.25) is 0 Å². The van der Waals surface area contributed by atoms with Gasteiger partial charge in [-0.1, -0.05) is 31.5 Å². The third kappa shape index (κ3) is 3.41. The summed E-state index contributed by atoms with van der Waals surface area (Å²) >= 11 is 1.51. The Balaban J connectivity index is 2.25. The van der Waals surface area contributed by atoms with Crippen molar-refractivity contribution in [2.45, 2.75) is 26.7 Å². The van der Waals surface area contributed by atoms with Crippen molar-refractivity contribution in [1.29, 1.82) is 0 Å². The Morgan fingerprint density at radius 2 is 2.05 bits per heavy atom. The lowest BCUT2D eigenvalue weighted by molar-refractivity contribution is 0.0982. The Morgan fingerprint density at radius 3 is 2.63 bits per heavy atom. The summed E-state index contributed by atoms with van der Waals surface area (Å²) in [6.45, 7) is 4.77. The maximum atomic E-state index is 12.5. The van der Waals surface area contributed by atoms with E-state index in [1.807, 2.05) is 47.5 Å². The van der Waals surface area contributed by atoms with Crippen LogP contribution < -0.4 is 4.90 Å². The van der Waals surface area contributed by atoms with Gasteiger partial charge in [-0.15, -0.1) is 11.3 Å². The fourth-order valence-corrected chi connectivity index (χ4v) is 2.46. The first-order chi connectivity index (χ1) is 9.22. The molecule has 0 fully saturated rings. The Morgan fingerprint density at radius 1 is 1.32 bits per heavy atom. The van der Waals surface area contributed by atoms with Crippen LogP contribution in [-0.4, -0.2) is 17.4 Å². The quantitative estimate of drug-likeness (QED) is 0.828. The topological polar surface area (TPSA) is 33.2 Å². The van der Waals surface area contributed by atoms with Gasteiger partial charge in [0, 0.05) is 17.6 Å². The van der Waals surface area contributed by atoms with E-state index in [0.29, 0.717) is 5.69 Å². The van der Waals surface area contributed by atoms with Gasteiger partial charge in [-0.25, -0.2) is 4.98 Å². The Kier molecular flexibility index (Phi) is 4.68. The molecule has 0 aliphatic rings. The van der Waals surface area contributed by atoms with Crippen molar-refractivity contribution in [2.75, 3.05) is 11.4 Å². The number of rotatable bonds is 5. The molecular weight excluding hydrogens is 256 g/mol. The van der Waals surface area contributed by atoms with Crippen LogP contribution in [-0.2, 0) is 0 Å². The predicted octanol–water partition coefficient (Wildman–Crippen LogP) is 3.90. The van der Waals surface area contributed by atoms with Crippen molar-refractivity contribution in [1.82, 2.24) is 4.98 Å². The number of nitrogens with zero attached hydrogens (tertiary/aromatic N) is 2. The molecule has 0 saturated carbocycles. The van der Waals surface area contributed by atoms with Gasteiger partial charge in [0.25, 0.3) is 5.91 Å². The highest BCUT2D eigenvalue weighted by molar-refractivity contribution is 7.09. The first-order valence-corrected chi connectivity index (χ1v) is 7.39. The Labute approximate surface area is 117 Å². The normalized spacial score (nSPS) is 10.4. The van der Waals surface area contributed by atoms with E-state index in [0.717, 1.165) is 30.1 Å². The molecule has 2 aromatic rings. The van der Waals surface area contributed by atoms with E-state index in [1.54, 1.807) is 0 Å². The maximum Gasteiger partial charge on any atom is 0.277 e. The number of amides is 1. The second-order valence-electron chi connectivity index (χ2n) is 4.40. The number of thiazole rings is 1. The molecule has 19 heavy (non-hydrogen) atoms. The number of hydrogen-bond acceptors (Lipinski definition) is 3. The van der Waals surface area contributed by atoms with E-state index in [9.17, 15) is 4.79 Å². The van der Waals surface area contributed by atoms with E-state index < -0.39 is 0 Å². The van der Waals surface area contributed by atoms with Crippen LogP contribution in [0.5, 0.6) is 0 Å². The second-order valence-corrected chi connectivity index (χ2v) is 5.46. The lowest BCUT2D eigenvalue weighted by Gasteiger charge is -2.21. The molecule has 1 heterocycles. The molecule has 0 bridgehead atoms. The highest BCUT2D eigenvalue weighted by Gasteiger charge is 2.19. The van der Waals surface area contributed by atoms with Crippen molar-refractivity contribution in [3.05, 3.63) is 46.4 Å². The zero-order valence-electron chi connectivity index (χ0n) is 11.3. The van der Waals surface area contributed by atoms with Gasteiger partial charge < -0.3 is 4.90 Å². The van der Waals surface area contributed by atoms with E-state index >= 15 is 0 Å². The largest absolute Gasteiger partial charge is 0.307 e. The predicted molar refractivity (Wildman–Crippen MR) is 79.9 cm³/mol. The van der Waals surface area contributed by atoms with Crippen molar-refractivity contribution >= 4 is 22.9 Å². The second kappa shape index (κ2) is 6.48. The smallest absolute Gasteiger partial charge is 0.277 e. The minimum atomic E-state index is -0.0102. The molecule has 0 spiro atoms. The fraction of sp³-hybridized carbons (Fsp3) is 0.333. The van der Waals surface area contributed by atoms with E-state index in [-0.39, 0.29) is 5.91 Å². The van der Waals surface area contributed by atoms with Crippen LogP contribution in [0.4, 0.5) is 5.69 Å². The van der Waals surface area contributed by atoms with Gasteiger partial charge in [-0.3, -0.25) is 4.79 Å². The summed E-state index contributed by atoms with van der Waals surface area (Å²) in [5, 5.41) is 2.76. The van der Waals surface area contributed by atoms with E-state index in [2.05, 4.69) is 11.9 Å². The molecule has 4 heteroatoms. The number of para-hydroxylation sites is 1. The zero-order valence-corrected chi connectivity index (χ0v) is 12.1. The molecule has 3 nitrogen and oxygen atoms in total. The number of aromatic nitrogens is 1. The summed E-state index contributed by atoms with van der Waals surface area (Å²) in [7, 11) is 0. The molecule has 0 radical (unpaired) electrons. The van der Waals surface area contributed by atoms with Crippen LogP contribution in [0, 0.1) is 6.92 Å². The van der Waals surface area contributed by atoms with Gasteiger partial charge in [0.1, 0.15) is 5.69 Å². The van der Waals surface area contributed by atoms with Crippen LogP contribution in [0.3, 0.4) is 0 Å². The lowest BCUT2D eigenvalue weighted by Crippen LogP contribution is -2.32. The molecule has 0 N–H and O–H groups in total. The molecule has 2 rings (SSSR count). The van der Waals surface area contributed by atoms with Crippen LogP contribution >= 0.6 is 11.3 Å². The molecule has 1 amide bonds. The number of hydrogen-bond donors (Lipinski definition) is 0. The molecule has 0 unspecified atom stereocenters. The number of carbonyl (C=O) groups is 1. The lowest BCUT2D eigenvalue weighted by atomic mass is 10.2. The fourth-order valence-electron chi connectivity index (χ4n) is 1.87. The first-order valence-electron chi connectivity index (χ1n) is 6.51. The van der Waals surface area contributed by atoms with Crippen LogP contribution in [0.2, 0.25) is 0 Å². The standard InChI is InChI=1S/C15H18N2OS/c1-3-4-10-17(13-8-6-5-7-9-13)15(18)14-11-19-12(2)16-14/h5-9,11H,3-4,10H2,1-2H3. The van der Waals surface area contributed by atoms with Gasteiger partial charge >= 0.3 is 0 Å². The first kappa shape index (κ1) is 13.7. The monoisotopic (exact) mass is 274 g/mol. The molecule has 0 saturated heterocycles. The molecule has 0 aliphatic heterocycles. The Hall–Kier alpha value is -1.68. The number of aryl methyl sites for hydroxylation is 1. The number of unbranched alkanes of at least 4 members (excludes halogenated alkanes) is 1. The summed E-state index contributed by atoms with van der Waals surface area (Å²) in [4.78, 5) is 18.6. The minimum Gasteiger partial charge on any atom is -0.307 e. The van der Waals surface area contributed by atoms with Gasteiger partial charge in [0.15, 0.2) is 0 Å².